The highest BCUT2D eigenvalue weighted by Gasteiger charge is 2.20. The highest BCUT2D eigenvalue weighted by Crippen LogP contribution is 2.26. The van der Waals surface area contributed by atoms with Crippen LogP contribution >= 0.6 is 0 Å². The smallest absolute Gasteiger partial charge is 0.293 e. The van der Waals surface area contributed by atoms with Crippen molar-refractivity contribution in [3.05, 3.63) is 33.9 Å². The Balaban J connectivity index is 2.09. The van der Waals surface area contributed by atoms with Crippen LogP contribution in [0.4, 0.5) is 11.4 Å². The molecule has 0 aliphatic carbocycles. The van der Waals surface area contributed by atoms with Crippen LogP contribution in [0.2, 0.25) is 0 Å². The lowest BCUT2D eigenvalue weighted by Gasteiger charge is -2.32. The van der Waals surface area contributed by atoms with Gasteiger partial charge in [0.15, 0.2) is 0 Å². The summed E-state index contributed by atoms with van der Waals surface area (Å²) in [6.45, 7) is 1.76. The van der Waals surface area contributed by atoms with Gasteiger partial charge in [0, 0.05) is 18.7 Å². The average Bonchev–Trinajstić information content (AvgIpc) is 2.46. The first-order chi connectivity index (χ1) is 9.61. The van der Waals surface area contributed by atoms with Crippen LogP contribution in [0, 0.1) is 21.4 Å². The van der Waals surface area contributed by atoms with Crippen molar-refractivity contribution >= 4 is 11.4 Å². The molecule has 0 amide bonds. The molecule has 0 radical (unpaired) electrons. The predicted molar refractivity (Wildman–Crippen MR) is 76.6 cm³/mol. The Morgan fingerprint density at radius 2 is 2.35 bits per heavy atom. The molecule has 1 fully saturated rings. The summed E-state index contributed by atoms with van der Waals surface area (Å²) in [7, 11) is 2.08. The third-order valence-corrected chi connectivity index (χ3v) is 3.77. The molecule has 2 rings (SSSR count). The van der Waals surface area contributed by atoms with Crippen molar-refractivity contribution < 1.29 is 4.92 Å². The van der Waals surface area contributed by atoms with E-state index in [0.717, 1.165) is 13.0 Å². The summed E-state index contributed by atoms with van der Waals surface area (Å²) in [5.74, 6) is 0. The zero-order valence-electron chi connectivity index (χ0n) is 11.5. The number of rotatable bonds is 4. The van der Waals surface area contributed by atoms with E-state index in [0.29, 0.717) is 23.8 Å². The van der Waals surface area contributed by atoms with Gasteiger partial charge in [0.2, 0.25) is 0 Å². The Kier molecular flexibility index (Phi) is 4.53. The van der Waals surface area contributed by atoms with Crippen LogP contribution in [0.3, 0.4) is 0 Å². The summed E-state index contributed by atoms with van der Waals surface area (Å²) in [5, 5.41) is 23.0. The molecule has 1 aromatic carbocycles. The van der Waals surface area contributed by atoms with Gasteiger partial charge in [-0.15, -0.1) is 0 Å². The van der Waals surface area contributed by atoms with Gasteiger partial charge in [0.25, 0.3) is 5.69 Å². The van der Waals surface area contributed by atoms with Crippen molar-refractivity contribution in [2.75, 3.05) is 25.5 Å². The van der Waals surface area contributed by atoms with Gasteiger partial charge in [-0.2, -0.15) is 5.26 Å². The Morgan fingerprint density at radius 3 is 3.00 bits per heavy atom. The number of nitrogens with zero attached hydrogens (tertiary/aromatic N) is 3. The van der Waals surface area contributed by atoms with E-state index in [1.165, 1.54) is 18.9 Å². The molecule has 1 heterocycles. The van der Waals surface area contributed by atoms with Crippen LogP contribution in [0.25, 0.3) is 0 Å². The predicted octanol–water partition coefficient (Wildman–Crippen LogP) is 2.36. The largest absolute Gasteiger partial charge is 0.378 e. The van der Waals surface area contributed by atoms with E-state index < -0.39 is 4.92 Å². The van der Waals surface area contributed by atoms with Gasteiger partial charge < -0.3 is 10.2 Å². The second kappa shape index (κ2) is 6.35. The Hall–Kier alpha value is -2.13. The number of likely N-dealkylation sites (tertiary alicyclic amines) is 1. The van der Waals surface area contributed by atoms with Crippen LogP contribution in [0.15, 0.2) is 18.2 Å². The SMILES string of the molecule is CN1CCCCC1CNc1ccc(C#N)cc1[N+](=O)[O-]. The number of nitro groups is 1. The van der Waals surface area contributed by atoms with Crippen LogP contribution in [-0.2, 0) is 0 Å². The van der Waals surface area contributed by atoms with E-state index in [-0.39, 0.29) is 5.69 Å². The van der Waals surface area contributed by atoms with Crippen molar-refractivity contribution in [3.63, 3.8) is 0 Å². The van der Waals surface area contributed by atoms with E-state index >= 15 is 0 Å². The van der Waals surface area contributed by atoms with Gasteiger partial charge >= 0.3 is 0 Å². The van der Waals surface area contributed by atoms with Crippen LogP contribution in [-0.4, -0.2) is 36.0 Å². The third-order valence-electron chi connectivity index (χ3n) is 3.77. The second-order valence-electron chi connectivity index (χ2n) is 5.11. The summed E-state index contributed by atoms with van der Waals surface area (Å²) in [5.41, 5.74) is 0.743. The maximum Gasteiger partial charge on any atom is 0.293 e. The molecule has 1 aromatic rings. The molecule has 20 heavy (non-hydrogen) atoms. The van der Waals surface area contributed by atoms with Gasteiger partial charge in [-0.3, -0.25) is 10.1 Å². The molecular formula is C14H18N4O2. The Bertz CT molecular complexity index is 538. The van der Waals surface area contributed by atoms with Crippen molar-refractivity contribution in [1.29, 1.82) is 5.26 Å². The minimum absolute atomic E-state index is 0.0393. The molecule has 1 saturated heterocycles. The first kappa shape index (κ1) is 14.3. The summed E-state index contributed by atoms with van der Waals surface area (Å²) < 4.78 is 0. The number of piperidine rings is 1. The maximum atomic E-state index is 11.1. The number of likely N-dealkylation sites (N-methyl/N-ethyl adjacent to an activating group) is 1. The van der Waals surface area contributed by atoms with E-state index in [9.17, 15) is 10.1 Å². The fourth-order valence-corrected chi connectivity index (χ4v) is 2.53. The third kappa shape index (κ3) is 3.25. The van der Waals surface area contributed by atoms with Crippen LogP contribution in [0.1, 0.15) is 24.8 Å². The first-order valence-electron chi connectivity index (χ1n) is 6.74. The average molecular weight is 274 g/mol. The molecule has 1 N–H and O–H groups in total. The van der Waals surface area contributed by atoms with Gasteiger partial charge in [-0.05, 0) is 38.6 Å². The standard InChI is InChI=1S/C14H18N4O2/c1-17-7-3-2-4-12(17)10-16-13-6-5-11(9-15)8-14(13)18(19)20/h5-6,8,12,16H,2-4,7,10H2,1H3. The summed E-state index contributed by atoms with van der Waals surface area (Å²) in [6, 6.07) is 6.84. The lowest BCUT2D eigenvalue weighted by molar-refractivity contribution is -0.384. The minimum Gasteiger partial charge on any atom is -0.378 e. The molecule has 0 spiro atoms. The van der Waals surface area contributed by atoms with Crippen molar-refractivity contribution in [3.8, 4) is 6.07 Å². The normalized spacial score (nSPS) is 19.3. The van der Waals surface area contributed by atoms with E-state index in [4.69, 9.17) is 5.26 Å². The number of nitrogens with one attached hydrogen (secondary N) is 1. The monoisotopic (exact) mass is 274 g/mol. The van der Waals surface area contributed by atoms with Crippen LogP contribution in [0.5, 0.6) is 0 Å². The molecule has 1 aliphatic rings. The van der Waals surface area contributed by atoms with Crippen LogP contribution < -0.4 is 5.32 Å². The van der Waals surface area contributed by atoms with Crippen molar-refractivity contribution in [2.24, 2.45) is 0 Å². The minimum atomic E-state index is -0.451. The van der Waals surface area contributed by atoms with Crippen molar-refractivity contribution in [2.45, 2.75) is 25.3 Å². The molecule has 106 valence electrons. The number of anilines is 1. The molecule has 0 bridgehead atoms. The molecule has 6 heteroatoms. The summed E-state index contributed by atoms with van der Waals surface area (Å²) in [4.78, 5) is 12.9. The molecule has 0 saturated carbocycles. The maximum absolute atomic E-state index is 11.1. The van der Waals surface area contributed by atoms with E-state index in [2.05, 4.69) is 17.3 Å². The summed E-state index contributed by atoms with van der Waals surface area (Å²) in [6.07, 6.45) is 3.52. The van der Waals surface area contributed by atoms with Gasteiger partial charge in [0.1, 0.15) is 5.69 Å². The fourth-order valence-electron chi connectivity index (χ4n) is 2.53. The highest BCUT2D eigenvalue weighted by atomic mass is 16.6. The second-order valence-corrected chi connectivity index (χ2v) is 5.11. The van der Waals surface area contributed by atoms with E-state index in [1.807, 2.05) is 6.07 Å². The van der Waals surface area contributed by atoms with E-state index in [1.54, 1.807) is 12.1 Å². The first-order valence-corrected chi connectivity index (χ1v) is 6.74. The molecular weight excluding hydrogens is 256 g/mol. The number of nitriles is 1. The molecule has 1 unspecified atom stereocenters. The highest BCUT2D eigenvalue weighted by molar-refractivity contribution is 5.64. The molecule has 1 aliphatic heterocycles. The Morgan fingerprint density at radius 1 is 1.55 bits per heavy atom. The Labute approximate surface area is 118 Å². The van der Waals surface area contributed by atoms with Gasteiger partial charge in [-0.25, -0.2) is 0 Å². The summed E-state index contributed by atoms with van der Waals surface area (Å²) >= 11 is 0. The number of hydrogen-bond donors (Lipinski definition) is 1. The number of nitro benzene ring substituents is 1. The lowest BCUT2D eigenvalue weighted by Crippen LogP contribution is -2.40. The number of benzene rings is 1. The van der Waals surface area contributed by atoms with Crippen molar-refractivity contribution in [1.82, 2.24) is 4.90 Å². The molecule has 1 atom stereocenters. The number of hydrogen-bond acceptors (Lipinski definition) is 5. The van der Waals surface area contributed by atoms with Gasteiger partial charge in [0.05, 0.1) is 16.6 Å². The molecule has 0 aromatic heterocycles. The quantitative estimate of drug-likeness (QED) is 0.673. The topological polar surface area (TPSA) is 82.2 Å². The zero-order valence-corrected chi connectivity index (χ0v) is 11.5. The lowest BCUT2D eigenvalue weighted by atomic mass is 10.0. The zero-order chi connectivity index (χ0) is 14.5. The fraction of sp³-hybridized carbons (Fsp3) is 0.500. The molecule has 6 nitrogen and oxygen atoms in total. The van der Waals surface area contributed by atoms with Gasteiger partial charge in [-0.1, -0.05) is 6.42 Å².